The molecule has 0 aliphatic heterocycles. The van der Waals surface area contributed by atoms with Gasteiger partial charge in [0.15, 0.2) is 0 Å². The third kappa shape index (κ3) is 6.08. The van der Waals surface area contributed by atoms with E-state index >= 15 is 0 Å². The molecule has 0 N–H and O–H groups in total. The molecule has 1 heteroatoms. The maximum atomic E-state index is 3.21. The van der Waals surface area contributed by atoms with Crippen LogP contribution < -0.4 is 0 Å². The Kier molecular flexibility index (Phi) is 6.59. The monoisotopic (exact) mass is 262 g/mol. The van der Waals surface area contributed by atoms with E-state index in [9.17, 15) is 0 Å². The van der Waals surface area contributed by atoms with Crippen molar-refractivity contribution in [2.24, 2.45) is 0 Å². The summed E-state index contributed by atoms with van der Waals surface area (Å²) in [6.45, 7) is 0. The minimum atomic E-state index is 1.09. The Balaban J connectivity index is 2.22. The molecule has 15 heavy (non-hydrogen) atoms. The molecule has 0 saturated heterocycles. The summed E-state index contributed by atoms with van der Waals surface area (Å²) in [7, 11) is 0. The van der Waals surface area contributed by atoms with Crippen LogP contribution in [-0.4, -0.2) is 0 Å². The number of rotatable bonds is 5. The first-order valence-corrected chi connectivity index (χ1v) is 5.97. The predicted octanol–water partition coefficient (Wildman–Crippen LogP) is 4.64. The molecular formula is C14H15Br. The highest BCUT2D eigenvalue weighted by molar-refractivity contribution is 9.11. The van der Waals surface area contributed by atoms with E-state index in [0.29, 0.717) is 0 Å². The van der Waals surface area contributed by atoms with Crippen LogP contribution in [0.5, 0.6) is 0 Å². The molecule has 0 aliphatic rings. The molecule has 0 spiro atoms. The second-order valence-corrected chi connectivity index (χ2v) is 3.68. The predicted molar refractivity (Wildman–Crippen MR) is 71.1 cm³/mol. The molecule has 0 bridgehead atoms. The lowest BCUT2D eigenvalue weighted by Gasteiger charge is -1.95. The van der Waals surface area contributed by atoms with E-state index in [-0.39, 0.29) is 0 Å². The van der Waals surface area contributed by atoms with Gasteiger partial charge in [-0.2, -0.15) is 0 Å². The fourth-order valence-corrected chi connectivity index (χ4v) is 1.42. The summed E-state index contributed by atoms with van der Waals surface area (Å²) >= 11 is 3.21. The number of benzene rings is 1. The van der Waals surface area contributed by atoms with Gasteiger partial charge in [-0.3, -0.25) is 0 Å². The molecule has 0 aromatic heterocycles. The van der Waals surface area contributed by atoms with Crippen molar-refractivity contribution >= 4 is 15.9 Å². The number of allylic oxidation sites excluding steroid dienone is 5. The van der Waals surface area contributed by atoms with Crippen LogP contribution in [0.25, 0.3) is 0 Å². The Hall–Kier alpha value is -1.08. The molecule has 0 saturated carbocycles. The molecule has 1 rings (SSSR count). The minimum absolute atomic E-state index is 1.09. The molecule has 0 amide bonds. The Bertz CT molecular complexity index is 334. The van der Waals surface area contributed by atoms with E-state index in [1.807, 2.05) is 23.2 Å². The topological polar surface area (TPSA) is 0 Å². The lowest BCUT2D eigenvalue weighted by molar-refractivity contribution is 1.00. The van der Waals surface area contributed by atoms with Crippen LogP contribution >= 0.6 is 15.9 Å². The minimum Gasteiger partial charge on any atom is -0.0842 e. The van der Waals surface area contributed by atoms with Crippen LogP contribution in [-0.2, 0) is 6.42 Å². The zero-order valence-electron chi connectivity index (χ0n) is 8.64. The zero-order chi connectivity index (χ0) is 10.8. The van der Waals surface area contributed by atoms with Crippen molar-refractivity contribution in [3.05, 3.63) is 71.3 Å². The first kappa shape index (κ1) is 12.0. The van der Waals surface area contributed by atoms with Gasteiger partial charge in [0.05, 0.1) is 0 Å². The summed E-state index contributed by atoms with van der Waals surface area (Å²) in [6.07, 6.45) is 12.4. The summed E-state index contributed by atoms with van der Waals surface area (Å²) < 4.78 is 0. The Labute approximate surface area is 100 Å². The summed E-state index contributed by atoms with van der Waals surface area (Å²) in [6, 6.07) is 10.5. The van der Waals surface area contributed by atoms with E-state index in [4.69, 9.17) is 0 Å². The Morgan fingerprint density at radius 2 is 1.67 bits per heavy atom. The Morgan fingerprint density at radius 3 is 2.40 bits per heavy atom. The van der Waals surface area contributed by atoms with Crippen LogP contribution in [0.1, 0.15) is 12.0 Å². The molecule has 0 heterocycles. The van der Waals surface area contributed by atoms with E-state index in [2.05, 4.69) is 58.4 Å². The summed E-state index contributed by atoms with van der Waals surface area (Å²) in [5.74, 6) is 0. The number of hydrogen-bond acceptors (Lipinski definition) is 0. The van der Waals surface area contributed by atoms with Gasteiger partial charge in [0.2, 0.25) is 0 Å². The first-order valence-electron chi connectivity index (χ1n) is 5.06. The normalized spacial score (nSPS) is 12.1. The van der Waals surface area contributed by atoms with E-state index in [0.717, 1.165) is 12.8 Å². The summed E-state index contributed by atoms with van der Waals surface area (Å²) in [5, 5.41) is 0. The molecule has 0 radical (unpaired) electrons. The van der Waals surface area contributed by atoms with E-state index < -0.39 is 0 Å². The van der Waals surface area contributed by atoms with Crippen molar-refractivity contribution in [1.29, 1.82) is 0 Å². The third-order valence-corrected chi connectivity index (χ3v) is 2.29. The highest BCUT2D eigenvalue weighted by atomic mass is 79.9. The molecule has 0 fully saturated rings. The van der Waals surface area contributed by atoms with Crippen molar-refractivity contribution in [1.82, 2.24) is 0 Å². The van der Waals surface area contributed by atoms with Gasteiger partial charge in [-0.05, 0) is 23.4 Å². The number of halogens is 1. The first-order chi connectivity index (χ1) is 7.43. The van der Waals surface area contributed by atoms with Gasteiger partial charge >= 0.3 is 0 Å². The molecule has 1 aromatic rings. The van der Waals surface area contributed by atoms with Gasteiger partial charge in [0.1, 0.15) is 0 Å². The Morgan fingerprint density at radius 1 is 0.933 bits per heavy atom. The van der Waals surface area contributed by atoms with Crippen molar-refractivity contribution in [2.45, 2.75) is 12.8 Å². The van der Waals surface area contributed by atoms with Crippen LogP contribution in [0.2, 0.25) is 0 Å². The molecule has 78 valence electrons. The van der Waals surface area contributed by atoms with Crippen LogP contribution in [0.15, 0.2) is 65.7 Å². The van der Waals surface area contributed by atoms with Crippen molar-refractivity contribution in [2.75, 3.05) is 0 Å². The highest BCUT2D eigenvalue weighted by Crippen LogP contribution is 2.02. The van der Waals surface area contributed by atoms with Crippen LogP contribution in [0.4, 0.5) is 0 Å². The largest absolute Gasteiger partial charge is 0.0842 e. The molecule has 0 unspecified atom stereocenters. The van der Waals surface area contributed by atoms with E-state index in [1.165, 1.54) is 5.56 Å². The average Bonchev–Trinajstić information content (AvgIpc) is 2.29. The van der Waals surface area contributed by atoms with Gasteiger partial charge in [-0.25, -0.2) is 0 Å². The summed E-state index contributed by atoms with van der Waals surface area (Å²) in [4.78, 5) is 1.83. The lowest BCUT2D eigenvalue weighted by Crippen LogP contribution is -1.80. The second-order valence-electron chi connectivity index (χ2n) is 3.16. The fraction of sp³-hybridized carbons (Fsp3) is 0.143. The van der Waals surface area contributed by atoms with Gasteiger partial charge in [-0.1, -0.05) is 76.6 Å². The maximum Gasteiger partial charge on any atom is -0.0189 e. The molecule has 1 aromatic carbocycles. The fourth-order valence-electron chi connectivity index (χ4n) is 1.24. The smallest absolute Gasteiger partial charge is 0.0189 e. The van der Waals surface area contributed by atoms with Gasteiger partial charge in [0, 0.05) is 0 Å². The zero-order valence-corrected chi connectivity index (χ0v) is 10.2. The lowest BCUT2D eigenvalue weighted by atomic mass is 10.1. The third-order valence-electron chi connectivity index (χ3n) is 1.98. The molecular weight excluding hydrogens is 248 g/mol. The summed E-state index contributed by atoms with van der Waals surface area (Å²) in [5.41, 5.74) is 1.39. The highest BCUT2D eigenvalue weighted by Gasteiger charge is 1.86. The molecule has 0 atom stereocenters. The SMILES string of the molecule is Br\C=C/C=C/C=C/CCc1ccccc1. The van der Waals surface area contributed by atoms with Crippen LogP contribution in [0, 0.1) is 0 Å². The van der Waals surface area contributed by atoms with E-state index in [1.54, 1.807) is 0 Å². The number of aryl methyl sites for hydroxylation is 1. The van der Waals surface area contributed by atoms with Crippen molar-refractivity contribution in [3.63, 3.8) is 0 Å². The average molecular weight is 263 g/mol. The molecule has 0 nitrogen and oxygen atoms in total. The number of hydrogen-bond donors (Lipinski definition) is 0. The van der Waals surface area contributed by atoms with Crippen molar-refractivity contribution in [3.8, 4) is 0 Å². The second kappa shape index (κ2) is 8.25. The standard InChI is InChI=1S/C14H15Br/c15-13-9-4-2-1-3-6-10-14-11-7-5-8-12-14/h1-5,7-9,11-13H,6,10H2/b3-1+,4-2+,13-9-. The van der Waals surface area contributed by atoms with Gasteiger partial charge < -0.3 is 0 Å². The van der Waals surface area contributed by atoms with Crippen LogP contribution in [0.3, 0.4) is 0 Å². The van der Waals surface area contributed by atoms with Gasteiger partial charge in [-0.15, -0.1) is 0 Å². The quantitative estimate of drug-likeness (QED) is 0.679. The van der Waals surface area contributed by atoms with Crippen molar-refractivity contribution < 1.29 is 0 Å². The van der Waals surface area contributed by atoms with Gasteiger partial charge in [0.25, 0.3) is 0 Å². The molecule has 0 aliphatic carbocycles. The maximum absolute atomic E-state index is 3.21.